The zero-order valence-electron chi connectivity index (χ0n) is 16.5. The second-order valence-corrected chi connectivity index (χ2v) is 9.60. The quantitative estimate of drug-likeness (QED) is 0.731. The van der Waals surface area contributed by atoms with E-state index < -0.39 is 0 Å². The fourth-order valence-electron chi connectivity index (χ4n) is 4.16. The van der Waals surface area contributed by atoms with Crippen LogP contribution in [-0.2, 0) is 16.6 Å². The zero-order chi connectivity index (χ0) is 18.2. The maximum Gasteiger partial charge on any atom is 0.160 e. The first-order valence-corrected chi connectivity index (χ1v) is 9.83. The standard InChI is InChI=1S/C23H33NO/c1-22(2,3)18-12-11-17-15-23(4,5)24-20(19(17)13-18)14-21(25)16-9-7-6-8-10-16/h11-14,16,24H,6-10,15H2,1-5H3. The molecule has 136 valence electrons. The molecule has 25 heavy (non-hydrogen) atoms. The van der Waals surface area contributed by atoms with Crippen molar-refractivity contribution in [2.24, 2.45) is 5.92 Å². The van der Waals surface area contributed by atoms with Crippen molar-refractivity contribution in [3.05, 3.63) is 41.0 Å². The second-order valence-electron chi connectivity index (χ2n) is 9.60. The molecule has 3 rings (SSSR count). The van der Waals surface area contributed by atoms with Gasteiger partial charge in [-0.15, -0.1) is 0 Å². The summed E-state index contributed by atoms with van der Waals surface area (Å²) in [5.74, 6) is 0.536. The van der Waals surface area contributed by atoms with Crippen LogP contribution in [0.3, 0.4) is 0 Å². The largest absolute Gasteiger partial charge is 0.379 e. The lowest BCUT2D eigenvalue weighted by Crippen LogP contribution is -2.44. The third kappa shape index (κ3) is 4.16. The molecule has 0 unspecified atom stereocenters. The van der Waals surface area contributed by atoms with Gasteiger partial charge in [0.1, 0.15) is 0 Å². The third-order valence-corrected chi connectivity index (χ3v) is 5.67. The fraction of sp³-hybridized carbons (Fsp3) is 0.609. The Morgan fingerprint density at radius 3 is 2.48 bits per heavy atom. The Hall–Kier alpha value is -1.57. The lowest BCUT2D eigenvalue weighted by Gasteiger charge is -2.36. The number of hydrogen-bond donors (Lipinski definition) is 1. The van der Waals surface area contributed by atoms with Crippen LogP contribution in [0.15, 0.2) is 24.3 Å². The van der Waals surface area contributed by atoms with Crippen LogP contribution >= 0.6 is 0 Å². The minimum absolute atomic E-state index is 0.0189. The summed E-state index contributed by atoms with van der Waals surface area (Å²) in [5.41, 5.74) is 5.00. The predicted molar refractivity (Wildman–Crippen MR) is 106 cm³/mol. The third-order valence-electron chi connectivity index (χ3n) is 5.67. The van der Waals surface area contributed by atoms with Crippen molar-refractivity contribution in [2.75, 3.05) is 0 Å². The average Bonchev–Trinajstić information content (AvgIpc) is 2.53. The van der Waals surface area contributed by atoms with Gasteiger partial charge in [-0.05, 0) is 55.7 Å². The Labute approximate surface area is 153 Å². The van der Waals surface area contributed by atoms with Crippen molar-refractivity contribution in [3.63, 3.8) is 0 Å². The molecular weight excluding hydrogens is 306 g/mol. The van der Waals surface area contributed by atoms with E-state index in [0.717, 1.165) is 25.0 Å². The molecule has 1 aliphatic carbocycles. The Balaban J connectivity index is 1.98. The molecule has 1 aromatic rings. The lowest BCUT2D eigenvalue weighted by molar-refractivity contribution is -0.119. The van der Waals surface area contributed by atoms with E-state index in [2.05, 4.69) is 58.1 Å². The number of rotatable bonds is 2. The van der Waals surface area contributed by atoms with Crippen LogP contribution < -0.4 is 5.32 Å². The van der Waals surface area contributed by atoms with Gasteiger partial charge in [0.25, 0.3) is 0 Å². The van der Waals surface area contributed by atoms with Gasteiger partial charge in [0.15, 0.2) is 5.78 Å². The summed E-state index contributed by atoms with van der Waals surface area (Å²) in [6.07, 6.45) is 8.68. The van der Waals surface area contributed by atoms with Crippen molar-refractivity contribution >= 4 is 11.5 Å². The van der Waals surface area contributed by atoms with Crippen LogP contribution in [0.25, 0.3) is 5.70 Å². The topological polar surface area (TPSA) is 29.1 Å². The highest BCUT2D eigenvalue weighted by molar-refractivity contribution is 5.98. The highest BCUT2D eigenvalue weighted by Gasteiger charge is 2.30. The Morgan fingerprint density at radius 1 is 1.16 bits per heavy atom. The SMILES string of the molecule is CC1(C)Cc2ccc(C(C)(C)C)cc2C(=CC(=O)C2CCCCC2)N1. The van der Waals surface area contributed by atoms with Gasteiger partial charge in [0.05, 0.1) is 0 Å². The van der Waals surface area contributed by atoms with Crippen molar-refractivity contribution < 1.29 is 4.79 Å². The van der Waals surface area contributed by atoms with Gasteiger partial charge in [0, 0.05) is 28.8 Å². The van der Waals surface area contributed by atoms with E-state index >= 15 is 0 Å². The van der Waals surface area contributed by atoms with E-state index in [1.54, 1.807) is 0 Å². The maximum absolute atomic E-state index is 12.9. The smallest absolute Gasteiger partial charge is 0.160 e. The van der Waals surface area contributed by atoms with Crippen LogP contribution in [0.2, 0.25) is 0 Å². The minimum Gasteiger partial charge on any atom is -0.379 e. The molecule has 1 N–H and O–H groups in total. The second kappa shape index (κ2) is 6.63. The van der Waals surface area contributed by atoms with Crippen molar-refractivity contribution in [1.29, 1.82) is 0 Å². The molecule has 1 heterocycles. The molecule has 1 saturated carbocycles. The van der Waals surface area contributed by atoms with Gasteiger partial charge in [-0.2, -0.15) is 0 Å². The van der Waals surface area contributed by atoms with Crippen LogP contribution in [-0.4, -0.2) is 11.3 Å². The van der Waals surface area contributed by atoms with Crippen LogP contribution in [0.5, 0.6) is 0 Å². The van der Waals surface area contributed by atoms with E-state index in [-0.39, 0.29) is 16.9 Å². The number of ketones is 1. The molecule has 1 fully saturated rings. The van der Waals surface area contributed by atoms with Gasteiger partial charge in [-0.3, -0.25) is 4.79 Å². The number of allylic oxidation sites excluding steroid dienone is 1. The minimum atomic E-state index is -0.0189. The molecule has 2 aliphatic rings. The number of benzene rings is 1. The monoisotopic (exact) mass is 339 g/mol. The number of nitrogens with one attached hydrogen (secondary N) is 1. The molecule has 2 nitrogen and oxygen atoms in total. The van der Waals surface area contributed by atoms with Crippen LogP contribution in [0, 0.1) is 5.92 Å². The zero-order valence-corrected chi connectivity index (χ0v) is 16.5. The fourth-order valence-corrected chi connectivity index (χ4v) is 4.16. The normalized spacial score (nSPS) is 22.4. The lowest BCUT2D eigenvalue weighted by atomic mass is 9.79. The molecule has 2 heteroatoms. The Morgan fingerprint density at radius 2 is 1.84 bits per heavy atom. The van der Waals surface area contributed by atoms with E-state index in [1.807, 2.05) is 6.08 Å². The Bertz CT molecular complexity index is 685. The molecule has 1 aliphatic heterocycles. The van der Waals surface area contributed by atoms with E-state index in [1.165, 1.54) is 36.0 Å². The molecule has 0 atom stereocenters. The first-order valence-electron chi connectivity index (χ1n) is 9.83. The van der Waals surface area contributed by atoms with Gasteiger partial charge < -0.3 is 5.32 Å². The highest BCUT2D eigenvalue weighted by atomic mass is 16.1. The summed E-state index contributed by atoms with van der Waals surface area (Å²) in [6.45, 7) is 11.2. The summed E-state index contributed by atoms with van der Waals surface area (Å²) >= 11 is 0. The average molecular weight is 340 g/mol. The predicted octanol–water partition coefficient (Wildman–Crippen LogP) is 5.40. The van der Waals surface area contributed by atoms with E-state index in [0.29, 0.717) is 5.78 Å². The summed E-state index contributed by atoms with van der Waals surface area (Å²) < 4.78 is 0. The summed E-state index contributed by atoms with van der Waals surface area (Å²) in [5, 5.41) is 3.64. The maximum atomic E-state index is 12.9. The van der Waals surface area contributed by atoms with Gasteiger partial charge in [0.2, 0.25) is 0 Å². The first kappa shape index (κ1) is 18.2. The van der Waals surface area contributed by atoms with Crippen molar-refractivity contribution in [3.8, 4) is 0 Å². The number of carbonyl (C=O) groups is 1. The summed E-state index contributed by atoms with van der Waals surface area (Å²) in [6, 6.07) is 6.80. The van der Waals surface area contributed by atoms with E-state index in [4.69, 9.17) is 0 Å². The number of carbonyl (C=O) groups excluding carboxylic acids is 1. The molecule has 1 aromatic carbocycles. The van der Waals surface area contributed by atoms with Crippen molar-refractivity contribution in [2.45, 2.75) is 84.1 Å². The summed E-state index contributed by atoms with van der Waals surface area (Å²) in [7, 11) is 0. The van der Waals surface area contributed by atoms with Crippen LogP contribution in [0.1, 0.15) is 83.4 Å². The van der Waals surface area contributed by atoms with Gasteiger partial charge >= 0.3 is 0 Å². The molecule has 0 spiro atoms. The van der Waals surface area contributed by atoms with E-state index in [9.17, 15) is 4.79 Å². The molecule has 0 bridgehead atoms. The van der Waals surface area contributed by atoms with Gasteiger partial charge in [-0.1, -0.05) is 52.2 Å². The van der Waals surface area contributed by atoms with Crippen LogP contribution in [0.4, 0.5) is 0 Å². The van der Waals surface area contributed by atoms with Gasteiger partial charge in [-0.25, -0.2) is 0 Å². The molecule has 0 aromatic heterocycles. The molecule has 0 radical (unpaired) electrons. The molecule has 0 saturated heterocycles. The number of hydrogen-bond acceptors (Lipinski definition) is 2. The molecule has 0 amide bonds. The number of fused-ring (bicyclic) bond motifs is 1. The molecular formula is C23H33NO. The Kier molecular flexibility index (Phi) is 4.83. The van der Waals surface area contributed by atoms with Crippen molar-refractivity contribution in [1.82, 2.24) is 5.32 Å². The summed E-state index contributed by atoms with van der Waals surface area (Å²) in [4.78, 5) is 12.9. The first-order chi connectivity index (χ1) is 11.7. The highest BCUT2D eigenvalue weighted by Crippen LogP contribution is 2.34.